The number of fused-ring (bicyclic) bond motifs is 9. The number of alkyl halides is 3. The van der Waals surface area contributed by atoms with Crippen LogP contribution in [-0.4, -0.2) is 20.5 Å². The van der Waals surface area contributed by atoms with Crippen molar-refractivity contribution in [3.63, 3.8) is 0 Å². The van der Waals surface area contributed by atoms with E-state index in [4.69, 9.17) is 23.6 Å². The standard InChI is InChI=1S/C46H26F3N3O2S/c47-46(48,49)55-54-42-26-38-34-18-7-5-16-32(34)31-15-4-6-17-33(31)37(38)25-39(42)45-51-43(29-14-10-13-28(23-29)27-11-2-1-3-12-27)50-44(52-45)30-21-22-36-35-19-8-9-20-40(35)53-41(36)24-30/h1-26H. The summed E-state index contributed by atoms with van der Waals surface area (Å²) < 4.78 is 53.2. The monoisotopic (exact) mass is 741 g/mol. The van der Waals surface area contributed by atoms with Gasteiger partial charge in [0.15, 0.2) is 29.5 Å². The van der Waals surface area contributed by atoms with Gasteiger partial charge in [-0.1, -0.05) is 121 Å². The predicted octanol–water partition coefficient (Wildman–Crippen LogP) is 13.4. The first-order valence-corrected chi connectivity index (χ1v) is 18.2. The second kappa shape index (κ2) is 13.0. The summed E-state index contributed by atoms with van der Waals surface area (Å²) in [5.74, 6) is 0.807. The highest BCUT2D eigenvalue weighted by Crippen LogP contribution is 2.44. The van der Waals surface area contributed by atoms with Crippen LogP contribution >= 0.6 is 12.0 Å². The highest BCUT2D eigenvalue weighted by molar-refractivity contribution is 7.95. The molecule has 10 aromatic rings. The molecule has 55 heavy (non-hydrogen) atoms. The summed E-state index contributed by atoms with van der Waals surface area (Å²) in [6.07, 6.45) is 0. The Morgan fingerprint density at radius 1 is 0.418 bits per heavy atom. The molecule has 0 unspecified atom stereocenters. The van der Waals surface area contributed by atoms with Crippen LogP contribution in [0, 0.1) is 0 Å². The molecule has 0 N–H and O–H groups in total. The fraction of sp³-hybridized carbons (Fsp3) is 0.0217. The average molecular weight is 742 g/mol. The molecule has 0 fully saturated rings. The Bertz CT molecular complexity index is 3110. The molecule has 2 aromatic heterocycles. The first-order valence-electron chi connectivity index (χ1n) is 17.5. The number of hydrogen-bond acceptors (Lipinski definition) is 6. The Labute approximate surface area is 316 Å². The molecule has 0 bridgehead atoms. The van der Waals surface area contributed by atoms with Crippen LogP contribution < -0.4 is 4.18 Å². The van der Waals surface area contributed by atoms with E-state index in [0.29, 0.717) is 33.9 Å². The third-order valence-corrected chi connectivity index (χ3v) is 10.3. The first-order chi connectivity index (χ1) is 26.9. The normalized spacial score (nSPS) is 12.0. The van der Waals surface area contributed by atoms with Gasteiger partial charge in [0.25, 0.3) is 0 Å². The van der Waals surface area contributed by atoms with Gasteiger partial charge in [-0.3, -0.25) is 0 Å². The van der Waals surface area contributed by atoms with Gasteiger partial charge >= 0.3 is 5.51 Å². The molecule has 0 spiro atoms. The van der Waals surface area contributed by atoms with E-state index in [-0.39, 0.29) is 11.6 Å². The molecule has 8 aromatic carbocycles. The third-order valence-electron chi connectivity index (χ3n) is 9.81. The Balaban J connectivity index is 1.24. The maximum absolute atomic E-state index is 13.8. The maximum Gasteiger partial charge on any atom is 0.479 e. The molecule has 10 rings (SSSR count). The molecule has 0 aliphatic carbocycles. The molecular formula is C46H26F3N3O2S. The summed E-state index contributed by atoms with van der Waals surface area (Å²) >= 11 is -0.566. The summed E-state index contributed by atoms with van der Waals surface area (Å²) in [6.45, 7) is 0. The van der Waals surface area contributed by atoms with Crippen LogP contribution in [0.2, 0.25) is 0 Å². The minimum atomic E-state index is -4.66. The predicted molar refractivity (Wildman–Crippen MR) is 216 cm³/mol. The Morgan fingerprint density at radius 3 is 1.64 bits per heavy atom. The third kappa shape index (κ3) is 5.99. The van der Waals surface area contributed by atoms with Crippen LogP contribution in [0.5, 0.6) is 5.75 Å². The summed E-state index contributed by atoms with van der Waals surface area (Å²) in [4.78, 5) is 14.9. The van der Waals surface area contributed by atoms with Gasteiger partial charge in [0.2, 0.25) is 0 Å². The van der Waals surface area contributed by atoms with Gasteiger partial charge in [0.05, 0.1) is 5.56 Å². The molecule has 2 heterocycles. The number of hydrogen-bond donors (Lipinski definition) is 0. The van der Waals surface area contributed by atoms with E-state index in [2.05, 4.69) is 0 Å². The molecule has 5 nitrogen and oxygen atoms in total. The van der Waals surface area contributed by atoms with Crippen LogP contribution in [-0.2, 0) is 0 Å². The highest BCUT2D eigenvalue weighted by Gasteiger charge is 2.32. The molecule has 0 aliphatic rings. The molecule has 0 saturated heterocycles. The Hall–Kier alpha value is -6.71. The van der Waals surface area contributed by atoms with E-state index in [0.717, 1.165) is 59.8 Å². The van der Waals surface area contributed by atoms with Crippen molar-refractivity contribution in [1.29, 1.82) is 0 Å². The fourth-order valence-corrected chi connectivity index (χ4v) is 7.68. The fourth-order valence-electron chi connectivity index (χ4n) is 7.36. The topological polar surface area (TPSA) is 61.0 Å². The van der Waals surface area contributed by atoms with Gasteiger partial charge in [-0.2, -0.15) is 13.2 Å². The van der Waals surface area contributed by atoms with Crippen molar-refractivity contribution >= 4 is 66.3 Å². The lowest BCUT2D eigenvalue weighted by atomic mass is 9.93. The van der Waals surface area contributed by atoms with E-state index in [1.165, 1.54) is 0 Å². The smallest absolute Gasteiger partial charge is 0.456 e. The number of furan rings is 1. The summed E-state index contributed by atoms with van der Waals surface area (Å²) in [5.41, 5.74) is 0.376. The molecule has 0 radical (unpaired) electrons. The van der Waals surface area contributed by atoms with Crippen molar-refractivity contribution in [3.05, 3.63) is 158 Å². The van der Waals surface area contributed by atoms with E-state index in [9.17, 15) is 13.2 Å². The van der Waals surface area contributed by atoms with E-state index < -0.39 is 17.6 Å². The summed E-state index contributed by atoms with van der Waals surface area (Å²) in [6, 6.07) is 50.8. The van der Waals surface area contributed by atoms with Crippen molar-refractivity contribution in [2.24, 2.45) is 0 Å². The number of benzene rings is 8. The highest BCUT2D eigenvalue weighted by atomic mass is 32.2. The number of rotatable bonds is 6. The largest absolute Gasteiger partial charge is 0.479 e. The van der Waals surface area contributed by atoms with Crippen molar-refractivity contribution in [3.8, 4) is 51.0 Å². The van der Waals surface area contributed by atoms with Crippen molar-refractivity contribution in [2.45, 2.75) is 5.51 Å². The number of para-hydroxylation sites is 1. The van der Waals surface area contributed by atoms with Gasteiger partial charge in [-0.15, -0.1) is 0 Å². The summed E-state index contributed by atoms with van der Waals surface area (Å²) in [5, 5.41) is 7.33. The number of halogens is 3. The molecular weight excluding hydrogens is 716 g/mol. The zero-order chi connectivity index (χ0) is 37.1. The van der Waals surface area contributed by atoms with E-state index in [1.54, 1.807) is 6.07 Å². The first kappa shape index (κ1) is 32.9. The lowest BCUT2D eigenvalue weighted by molar-refractivity contribution is -0.0369. The lowest BCUT2D eigenvalue weighted by Crippen LogP contribution is -2.05. The molecule has 264 valence electrons. The zero-order valence-electron chi connectivity index (χ0n) is 28.7. The van der Waals surface area contributed by atoms with Crippen LogP contribution in [0.4, 0.5) is 13.2 Å². The lowest BCUT2D eigenvalue weighted by Gasteiger charge is -2.16. The van der Waals surface area contributed by atoms with Crippen molar-refractivity contribution in [2.75, 3.05) is 0 Å². The van der Waals surface area contributed by atoms with Crippen molar-refractivity contribution < 1.29 is 21.8 Å². The van der Waals surface area contributed by atoms with Crippen molar-refractivity contribution in [1.82, 2.24) is 15.0 Å². The molecule has 0 saturated carbocycles. The van der Waals surface area contributed by atoms with Gasteiger partial charge in [0.1, 0.15) is 16.9 Å². The number of nitrogens with zero attached hydrogens (tertiary/aromatic N) is 3. The molecule has 0 amide bonds. The van der Waals surface area contributed by atoms with E-state index in [1.807, 2.05) is 152 Å². The minimum absolute atomic E-state index is 0.0240. The zero-order valence-corrected chi connectivity index (χ0v) is 29.5. The number of aromatic nitrogens is 3. The van der Waals surface area contributed by atoms with Gasteiger partial charge < -0.3 is 8.60 Å². The van der Waals surface area contributed by atoms with Gasteiger partial charge in [-0.25, -0.2) is 15.0 Å². The molecule has 9 heteroatoms. The SMILES string of the molecule is FC(F)(F)SOc1cc2c3ccccc3c3ccccc3c2cc1-c1nc(-c2cccc(-c3ccccc3)c2)nc(-c2ccc3c(c2)oc2ccccc23)n1. The van der Waals surface area contributed by atoms with Crippen LogP contribution in [0.1, 0.15) is 0 Å². The maximum atomic E-state index is 13.8. The van der Waals surface area contributed by atoms with Gasteiger partial charge in [0, 0.05) is 21.9 Å². The van der Waals surface area contributed by atoms with Gasteiger partial charge in [-0.05, 0) is 79.8 Å². The molecule has 0 atom stereocenters. The Kier molecular flexibility index (Phi) is 7.78. The second-order valence-electron chi connectivity index (χ2n) is 13.2. The van der Waals surface area contributed by atoms with Crippen LogP contribution in [0.25, 0.3) is 99.5 Å². The van der Waals surface area contributed by atoms with Crippen LogP contribution in [0.15, 0.2) is 162 Å². The summed E-state index contributed by atoms with van der Waals surface area (Å²) in [7, 11) is 0. The average Bonchev–Trinajstić information content (AvgIpc) is 3.61. The Morgan fingerprint density at radius 2 is 0.945 bits per heavy atom. The minimum Gasteiger partial charge on any atom is -0.456 e. The second-order valence-corrected chi connectivity index (χ2v) is 14.0. The van der Waals surface area contributed by atoms with E-state index >= 15 is 0 Å². The van der Waals surface area contributed by atoms with Crippen LogP contribution in [0.3, 0.4) is 0 Å². The quantitative estimate of drug-likeness (QED) is 0.125. The molecule has 0 aliphatic heterocycles.